The van der Waals surface area contributed by atoms with E-state index in [2.05, 4.69) is 28.2 Å². The van der Waals surface area contributed by atoms with Gasteiger partial charge in [0.25, 0.3) is 0 Å². The van der Waals surface area contributed by atoms with Crippen LogP contribution in [0.5, 0.6) is 0 Å². The number of alkyl halides is 1. The number of allylic oxidation sites excluding steroid dienone is 4. The number of ether oxygens (including phenoxy) is 1. The monoisotopic (exact) mass is 693 g/mol. The smallest absolute Gasteiger partial charge is 0.331 e. The maximum Gasteiger partial charge on any atom is 0.331 e. The Bertz CT molecular complexity index is 1370. The Morgan fingerprint density at radius 2 is 1.73 bits per heavy atom. The van der Waals surface area contributed by atoms with E-state index in [9.17, 15) is 23.2 Å². The summed E-state index contributed by atoms with van der Waals surface area (Å²) in [7, 11) is 8.58. The summed E-state index contributed by atoms with van der Waals surface area (Å²) < 4.78 is 28.3. The Hall–Kier alpha value is -4.24. The minimum atomic E-state index is -0.678. The van der Waals surface area contributed by atoms with Crippen LogP contribution in [0.4, 0.5) is 24.3 Å². The summed E-state index contributed by atoms with van der Waals surface area (Å²) in [6.07, 6.45) is 3.82. The Labute approximate surface area is 286 Å². The van der Waals surface area contributed by atoms with Crippen molar-refractivity contribution in [3.05, 3.63) is 72.1 Å². The number of fused-ring (bicyclic) bond motifs is 1. The van der Waals surface area contributed by atoms with Crippen molar-refractivity contribution in [3.8, 4) is 10.4 Å². The van der Waals surface area contributed by atoms with Crippen molar-refractivity contribution in [1.29, 1.82) is 0 Å². The first-order chi connectivity index (χ1) is 22.8. The minimum absolute atomic E-state index is 0.0806. The first-order valence-corrected chi connectivity index (χ1v) is 15.6. The second-order valence-corrected chi connectivity index (χ2v) is 11.3. The van der Waals surface area contributed by atoms with Crippen LogP contribution in [0.2, 0.25) is 0 Å². The van der Waals surface area contributed by atoms with Crippen LogP contribution in [0.1, 0.15) is 31.9 Å². The molecule has 0 fully saturated rings. The summed E-state index contributed by atoms with van der Waals surface area (Å²) in [5.41, 5.74) is 6.02. The largest absolute Gasteiger partial charge is 0.388 e. The molecule has 14 heteroatoms. The highest BCUT2D eigenvalue weighted by Gasteiger charge is 2.35. The number of nitrogens with one attached hydrogen (secondary N) is 2. The number of ketones is 1. The van der Waals surface area contributed by atoms with Crippen LogP contribution in [-0.2, 0) is 36.9 Å². The highest BCUT2D eigenvalue weighted by atomic mass is 32.1. The molecule has 11 nitrogen and oxygen atoms in total. The van der Waals surface area contributed by atoms with Crippen molar-refractivity contribution in [3.63, 3.8) is 0 Å². The topological polar surface area (TPSA) is 121 Å². The van der Waals surface area contributed by atoms with Gasteiger partial charge in [-0.2, -0.15) is 0 Å². The van der Waals surface area contributed by atoms with E-state index in [1.807, 2.05) is 43.8 Å². The maximum atomic E-state index is 13.0. The number of imide groups is 1. The maximum absolute atomic E-state index is 13.0. The number of methoxy groups -OCH3 is 1. The third-order valence-corrected chi connectivity index (χ3v) is 7.99. The number of thiophene rings is 1. The first-order valence-electron chi connectivity index (χ1n) is 14.8. The van der Waals surface area contributed by atoms with Gasteiger partial charge in [0, 0.05) is 50.4 Å². The first kappa shape index (κ1) is 43.8. The number of amides is 4. The summed E-state index contributed by atoms with van der Waals surface area (Å²) in [4.78, 5) is 56.6. The van der Waals surface area contributed by atoms with Crippen LogP contribution in [0.15, 0.2) is 61.0 Å². The standard InChI is InChI=1S/C23H30N4O4S.C5H8F2.C4H6.C2H5NO2/c1-15(28)13-27-20(29)12-18-19(14-25(3)10-11-31-5)21(32-22(18)26(4)23(27)30)16-6-8-17(24-2)9-7-16;1-4(3-6)5(2)7;1-3-4-2;1-5-3-2-4/h6-9,24H,10-14H2,1-5H3;3H2,1-2H3;3-4H,1-2H2;2H,1H3,(H,3,4)/b;5-4+;;. The van der Waals surface area contributed by atoms with Gasteiger partial charge in [-0.05, 0) is 56.7 Å². The van der Waals surface area contributed by atoms with Gasteiger partial charge in [0.1, 0.15) is 17.5 Å². The Kier molecular flexibility index (Phi) is 21.9. The lowest BCUT2D eigenvalue weighted by Crippen LogP contribution is -2.45. The highest BCUT2D eigenvalue weighted by Crippen LogP contribution is 2.44. The highest BCUT2D eigenvalue weighted by molar-refractivity contribution is 7.20. The molecule has 0 atom stereocenters. The van der Waals surface area contributed by atoms with Gasteiger partial charge in [-0.3, -0.25) is 33.9 Å². The van der Waals surface area contributed by atoms with Crippen LogP contribution < -0.4 is 15.7 Å². The molecular formula is C34H49F2N5O6S. The normalized spacial score (nSPS) is 12.5. The van der Waals surface area contributed by atoms with Gasteiger partial charge in [0.2, 0.25) is 12.3 Å². The second-order valence-electron chi connectivity index (χ2n) is 10.3. The van der Waals surface area contributed by atoms with Gasteiger partial charge in [-0.1, -0.05) is 37.4 Å². The van der Waals surface area contributed by atoms with Crippen LogP contribution in [0, 0.1) is 0 Å². The van der Waals surface area contributed by atoms with E-state index in [1.165, 1.54) is 44.1 Å². The predicted molar refractivity (Wildman–Crippen MR) is 189 cm³/mol. The number of benzene rings is 1. The number of carbonyl (C=O) groups is 4. The fourth-order valence-electron chi connectivity index (χ4n) is 3.86. The van der Waals surface area contributed by atoms with E-state index >= 15 is 0 Å². The second kappa shape index (κ2) is 24.0. The summed E-state index contributed by atoms with van der Waals surface area (Å²) in [5, 5.41) is 3.87. The molecule has 0 saturated heterocycles. The predicted octanol–water partition coefficient (Wildman–Crippen LogP) is 5.94. The number of urea groups is 1. The van der Waals surface area contributed by atoms with Gasteiger partial charge in [-0.15, -0.1) is 11.3 Å². The molecule has 48 heavy (non-hydrogen) atoms. The molecule has 0 unspecified atom stereocenters. The molecule has 0 saturated carbocycles. The minimum Gasteiger partial charge on any atom is -0.388 e. The molecule has 2 aromatic rings. The fraction of sp³-hybridized carbons (Fsp3) is 0.412. The molecule has 266 valence electrons. The lowest BCUT2D eigenvalue weighted by Gasteiger charge is -2.22. The molecule has 0 radical (unpaired) electrons. The lowest BCUT2D eigenvalue weighted by molar-refractivity contribution is -0.131. The molecule has 2 N–H and O–H groups in total. The number of Topliss-reactive ketones (excluding diaryl/α,β-unsaturated/α-hetero) is 1. The average Bonchev–Trinajstić information content (AvgIpc) is 3.39. The van der Waals surface area contributed by atoms with Crippen molar-refractivity contribution in [2.75, 3.05) is 72.0 Å². The van der Waals surface area contributed by atoms with E-state index in [-0.39, 0.29) is 30.2 Å². The molecule has 1 aliphatic rings. The van der Waals surface area contributed by atoms with E-state index in [0.717, 1.165) is 43.7 Å². The number of anilines is 2. The number of hydroxylamine groups is 1. The molecule has 2 heterocycles. The number of hydrogen-bond donors (Lipinski definition) is 2. The number of halogens is 2. The van der Waals surface area contributed by atoms with Crippen LogP contribution in [0.25, 0.3) is 10.4 Å². The molecule has 1 aromatic carbocycles. The number of likely N-dealkylation sites (N-methyl/N-ethyl adjacent to an activating group) is 1. The zero-order valence-corrected chi connectivity index (χ0v) is 30.0. The van der Waals surface area contributed by atoms with Gasteiger partial charge < -0.3 is 10.1 Å². The third kappa shape index (κ3) is 14.7. The molecule has 1 aliphatic heterocycles. The SMILES string of the molecule is C/C(F)=C(/C)CF.C=CC=C.CNc1ccc(-c2sc3c(c2CN(C)CCOC)CC(=O)N(CC(C)=O)C(=O)N3C)cc1.CONC=O. The van der Waals surface area contributed by atoms with Gasteiger partial charge in [0.15, 0.2) is 0 Å². The quantitative estimate of drug-likeness (QED) is 0.150. The number of nitrogens with zero attached hydrogens (tertiary/aromatic N) is 3. The fourth-order valence-corrected chi connectivity index (χ4v) is 5.16. The van der Waals surface area contributed by atoms with Crippen LogP contribution in [0.3, 0.4) is 0 Å². The number of carbonyl (C=O) groups excluding carboxylic acids is 4. The third-order valence-electron chi connectivity index (χ3n) is 6.59. The van der Waals surface area contributed by atoms with Crippen molar-refractivity contribution in [2.24, 2.45) is 0 Å². The molecule has 3 rings (SSSR count). The van der Waals surface area contributed by atoms with E-state index < -0.39 is 18.5 Å². The Balaban J connectivity index is 0.00000114. The van der Waals surface area contributed by atoms with Crippen LogP contribution >= 0.6 is 11.3 Å². The molecule has 0 aliphatic carbocycles. The molecule has 4 amide bonds. The number of hydrogen-bond acceptors (Lipinski definition) is 9. The van der Waals surface area contributed by atoms with Crippen molar-refractivity contribution >= 4 is 46.2 Å². The molecule has 1 aromatic heterocycles. The summed E-state index contributed by atoms with van der Waals surface area (Å²) >= 11 is 1.51. The zero-order chi connectivity index (χ0) is 36.8. The summed E-state index contributed by atoms with van der Waals surface area (Å²) in [5.74, 6) is -0.996. The van der Waals surface area contributed by atoms with Crippen LogP contribution in [-0.4, -0.2) is 95.7 Å². The summed E-state index contributed by atoms with van der Waals surface area (Å²) in [6.45, 7) is 11.8. The van der Waals surface area contributed by atoms with E-state index in [1.54, 1.807) is 26.3 Å². The van der Waals surface area contributed by atoms with Crippen molar-refractivity contribution < 1.29 is 37.5 Å². The lowest BCUT2D eigenvalue weighted by atomic mass is 10.0. The zero-order valence-electron chi connectivity index (χ0n) is 29.2. The summed E-state index contributed by atoms with van der Waals surface area (Å²) in [6, 6.07) is 7.63. The van der Waals surface area contributed by atoms with Crippen molar-refractivity contribution in [2.45, 2.75) is 33.7 Å². The van der Waals surface area contributed by atoms with Gasteiger partial charge >= 0.3 is 6.03 Å². The van der Waals surface area contributed by atoms with E-state index in [4.69, 9.17) is 9.53 Å². The molecule has 0 bridgehead atoms. The van der Waals surface area contributed by atoms with Crippen molar-refractivity contribution in [1.82, 2.24) is 15.3 Å². The van der Waals surface area contributed by atoms with E-state index in [0.29, 0.717) is 19.6 Å². The average molecular weight is 694 g/mol. The number of rotatable bonds is 13. The molecular weight excluding hydrogens is 644 g/mol. The Morgan fingerprint density at radius 1 is 1.12 bits per heavy atom. The molecule has 0 spiro atoms. The van der Waals surface area contributed by atoms with Gasteiger partial charge in [-0.25, -0.2) is 19.1 Å². The van der Waals surface area contributed by atoms with Gasteiger partial charge in [0.05, 0.1) is 32.5 Å². The Morgan fingerprint density at radius 3 is 2.12 bits per heavy atom.